The molecule has 3 N–H and O–H groups in total. The maximum absolute atomic E-state index is 13.4. The number of likely N-dealkylation sites (tertiary alicyclic amines) is 1. The zero-order chi connectivity index (χ0) is 23.8. The van der Waals surface area contributed by atoms with E-state index >= 15 is 0 Å². The Bertz CT molecular complexity index is 1020. The molecule has 0 aliphatic carbocycles. The highest BCUT2D eigenvalue weighted by Crippen LogP contribution is 2.22. The molecule has 0 aromatic heterocycles. The molecule has 0 radical (unpaired) electrons. The van der Waals surface area contributed by atoms with Gasteiger partial charge in [-0.2, -0.15) is 0 Å². The molecule has 6 nitrogen and oxygen atoms in total. The summed E-state index contributed by atoms with van der Waals surface area (Å²) < 4.78 is 36.4. The largest absolute Gasteiger partial charge is 0.356 e. The highest BCUT2D eigenvalue weighted by Gasteiger charge is 2.20. The van der Waals surface area contributed by atoms with E-state index in [-0.39, 0.29) is 29.1 Å². The van der Waals surface area contributed by atoms with Crippen LogP contribution in [-0.2, 0) is 21.1 Å². The van der Waals surface area contributed by atoms with Crippen LogP contribution in [0.1, 0.15) is 42.9 Å². The normalized spacial score (nSPS) is 16.5. The number of piperidine rings is 1. The van der Waals surface area contributed by atoms with E-state index in [9.17, 15) is 17.6 Å². The van der Waals surface area contributed by atoms with E-state index in [4.69, 9.17) is 5.73 Å². The average molecular weight is 476 g/mol. The van der Waals surface area contributed by atoms with Crippen LogP contribution in [0.5, 0.6) is 0 Å². The molecule has 0 bridgehead atoms. The molecular formula is C25H34FN3O3S. The molecule has 33 heavy (non-hydrogen) atoms. The zero-order valence-corrected chi connectivity index (χ0v) is 20.0. The third-order valence-corrected chi connectivity index (χ3v) is 7.46. The van der Waals surface area contributed by atoms with Gasteiger partial charge >= 0.3 is 0 Å². The molecule has 0 spiro atoms. The standard InChI is InChI=1S/C25H34FN3O3S/c1-33(31,32)23-7-5-20(6-8-23)17-25(30)28-13-9-19-10-14-29(15-11-19)16-12-24(27)21-3-2-4-22(26)18-21/h2-8,18-19,24H,9-17,27H2,1H3,(H,28,30). The quantitative estimate of drug-likeness (QED) is 0.551. The van der Waals surface area contributed by atoms with Crippen molar-refractivity contribution in [2.75, 3.05) is 32.4 Å². The van der Waals surface area contributed by atoms with Gasteiger partial charge in [-0.05, 0) is 86.6 Å². The number of amides is 1. The molecule has 1 fully saturated rings. The number of rotatable bonds is 10. The van der Waals surface area contributed by atoms with Crippen LogP contribution in [0.4, 0.5) is 4.39 Å². The van der Waals surface area contributed by atoms with Gasteiger partial charge in [0.1, 0.15) is 5.82 Å². The lowest BCUT2D eigenvalue weighted by atomic mass is 9.93. The fourth-order valence-electron chi connectivity index (χ4n) is 4.24. The second-order valence-corrected chi connectivity index (χ2v) is 11.0. The molecule has 180 valence electrons. The predicted octanol–water partition coefficient (Wildman–Crippen LogP) is 3.08. The summed E-state index contributed by atoms with van der Waals surface area (Å²) in [6.45, 7) is 3.58. The Morgan fingerprint density at radius 1 is 1.18 bits per heavy atom. The van der Waals surface area contributed by atoms with Crippen LogP contribution in [0.3, 0.4) is 0 Å². The van der Waals surface area contributed by atoms with Crippen molar-refractivity contribution in [3.63, 3.8) is 0 Å². The van der Waals surface area contributed by atoms with E-state index in [0.29, 0.717) is 12.5 Å². The molecule has 1 amide bonds. The number of benzene rings is 2. The van der Waals surface area contributed by atoms with E-state index in [1.54, 1.807) is 18.2 Å². The van der Waals surface area contributed by atoms with Crippen molar-refractivity contribution in [2.45, 2.75) is 43.0 Å². The van der Waals surface area contributed by atoms with Gasteiger partial charge in [0.25, 0.3) is 0 Å². The van der Waals surface area contributed by atoms with Crippen molar-refractivity contribution in [1.82, 2.24) is 10.2 Å². The highest BCUT2D eigenvalue weighted by atomic mass is 32.2. The minimum Gasteiger partial charge on any atom is -0.356 e. The molecule has 2 aromatic rings. The molecule has 1 atom stereocenters. The van der Waals surface area contributed by atoms with Gasteiger partial charge in [0, 0.05) is 18.8 Å². The number of carbonyl (C=O) groups is 1. The van der Waals surface area contributed by atoms with Gasteiger partial charge in [0.2, 0.25) is 5.91 Å². The van der Waals surface area contributed by atoms with E-state index in [1.165, 1.54) is 30.5 Å². The van der Waals surface area contributed by atoms with Crippen molar-refractivity contribution in [3.8, 4) is 0 Å². The number of nitrogens with zero attached hydrogens (tertiary/aromatic N) is 1. The fourth-order valence-corrected chi connectivity index (χ4v) is 4.87. The number of nitrogens with one attached hydrogen (secondary N) is 1. The molecule has 1 aliphatic heterocycles. The summed E-state index contributed by atoms with van der Waals surface area (Å²) in [7, 11) is -3.23. The SMILES string of the molecule is CS(=O)(=O)c1ccc(CC(=O)NCCC2CCN(CCC(N)c3cccc(F)c3)CC2)cc1. The van der Waals surface area contributed by atoms with Crippen molar-refractivity contribution in [3.05, 3.63) is 65.5 Å². The second kappa shape index (κ2) is 11.7. The highest BCUT2D eigenvalue weighted by molar-refractivity contribution is 7.90. The summed E-state index contributed by atoms with van der Waals surface area (Å²) in [6, 6.07) is 12.8. The van der Waals surface area contributed by atoms with Crippen LogP contribution in [0.2, 0.25) is 0 Å². The van der Waals surface area contributed by atoms with Crippen LogP contribution in [-0.4, -0.2) is 51.7 Å². The lowest BCUT2D eigenvalue weighted by Gasteiger charge is -2.32. The lowest BCUT2D eigenvalue weighted by molar-refractivity contribution is -0.120. The van der Waals surface area contributed by atoms with Crippen LogP contribution in [0, 0.1) is 11.7 Å². The Labute approximate surface area is 196 Å². The Hall–Kier alpha value is -2.29. The Morgan fingerprint density at radius 3 is 2.52 bits per heavy atom. The third-order valence-electron chi connectivity index (χ3n) is 6.33. The molecule has 2 aromatic carbocycles. The fraction of sp³-hybridized carbons (Fsp3) is 0.480. The van der Waals surface area contributed by atoms with Gasteiger partial charge in [-0.15, -0.1) is 0 Å². The first-order chi connectivity index (χ1) is 15.7. The van der Waals surface area contributed by atoms with Gasteiger partial charge in [-0.1, -0.05) is 24.3 Å². The number of nitrogens with two attached hydrogens (primary N) is 1. The number of carbonyl (C=O) groups excluding carboxylic acids is 1. The van der Waals surface area contributed by atoms with Crippen LogP contribution < -0.4 is 11.1 Å². The van der Waals surface area contributed by atoms with Gasteiger partial charge in [-0.25, -0.2) is 12.8 Å². The summed E-state index contributed by atoms with van der Waals surface area (Å²) in [6.07, 6.45) is 5.36. The first-order valence-corrected chi connectivity index (χ1v) is 13.4. The number of sulfone groups is 1. The van der Waals surface area contributed by atoms with Crippen molar-refractivity contribution in [1.29, 1.82) is 0 Å². The summed E-state index contributed by atoms with van der Waals surface area (Å²) >= 11 is 0. The maximum atomic E-state index is 13.4. The van der Waals surface area contributed by atoms with E-state index < -0.39 is 9.84 Å². The van der Waals surface area contributed by atoms with Gasteiger partial charge in [-0.3, -0.25) is 4.79 Å². The molecule has 3 rings (SSSR count). The lowest BCUT2D eigenvalue weighted by Crippen LogP contribution is -2.36. The minimum atomic E-state index is -3.23. The van der Waals surface area contributed by atoms with E-state index in [2.05, 4.69) is 10.2 Å². The molecular weight excluding hydrogens is 441 g/mol. The summed E-state index contributed by atoms with van der Waals surface area (Å²) in [4.78, 5) is 14.9. The molecule has 0 saturated carbocycles. The van der Waals surface area contributed by atoms with Crippen molar-refractivity contribution in [2.24, 2.45) is 11.7 Å². The monoisotopic (exact) mass is 475 g/mol. The van der Waals surface area contributed by atoms with Crippen LogP contribution in [0.25, 0.3) is 0 Å². The number of halogens is 1. The third kappa shape index (κ3) is 8.21. The second-order valence-electron chi connectivity index (χ2n) is 8.97. The van der Waals surface area contributed by atoms with Crippen molar-refractivity contribution < 1.29 is 17.6 Å². The zero-order valence-electron chi connectivity index (χ0n) is 19.2. The molecule has 1 unspecified atom stereocenters. The summed E-state index contributed by atoms with van der Waals surface area (Å²) in [5.74, 6) is 0.291. The molecule has 1 saturated heterocycles. The predicted molar refractivity (Wildman–Crippen MR) is 128 cm³/mol. The molecule has 1 aliphatic rings. The van der Waals surface area contributed by atoms with Gasteiger partial charge in [0.05, 0.1) is 11.3 Å². The molecule has 8 heteroatoms. The number of hydrogen-bond acceptors (Lipinski definition) is 5. The van der Waals surface area contributed by atoms with E-state index in [0.717, 1.165) is 56.4 Å². The van der Waals surface area contributed by atoms with Crippen LogP contribution >= 0.6 is 0 Å². The topological polar surface area (TPSA) is 92.5 Å². The Balaban J connectivity index is 1.30. The first-order valence-electron chi connectivity index (χ1n) is 11.5. The molecule has 1 heterocycles. The van der Waals surface area contributed by atoms with Gasteiger partial charge in [0.15, 0.2) is 9.84 Å². The summed E-state index contributed by atoms with van der Waals surface area (Å²) in [5.41, 5.74) is 7.86. The van der Waals surface area contributed by atoms with Gasteiger partial charge < -0.3 is 16.0 Å². The van der Waals surface area contributed by atoms with Crippen molar-refractivity contribution >= 4 is 15.7 Å². The Kier molecular flexibility index (Phi) is 9.00. The average Bonchev–Trinajstić information content (AvgIpc) is 2.78. The smallest absolute Gasteiger partial charge is 0.224 e. The number of hydrogen-bond donors (Lipinski definition) is 2. The van der Waals surface area contributed by atoms with E-state index in [1.807, 2.05) is 6.07 Å². The minimum absolute atomic E-state index is 0.0501. The first kappa shape index (κ1) is 25.3. The van der Waals surface area contributed by atoms with Crippen LogP contribution in [0.15, 0.2) is 53.4 Å². The maximum Gasteiger partial charge on any atom is 0.224 e. The summed E-state index contributed by atoms with van der Waals surface area (Å²) in [5, 5.41) is 2.98. The Morgan fingerprint density at radius 2 is 1.88 bits per heavy atom.